The standard InChI is InChI=1S/C24H31FN4O4/c1-14-13-17(10-11-18(14)25)28-23(32)20-15(2)21(29(4)16(20)3)22(31)24(33)27-12-8-6-5-7-9-19(26)30/h10-11,13H,5-9,12H2,1-4H3,(H2,26,30)(H,27,33)(H,28,32). The fourth-order valence-electron chi connectivity index (χ4n) is 3.72. The number of anilines is 1. The van der Waals surface area contributed by atoms with E-state index < -0.39 is 17.6 Å². The summed E-state index contributed by atoms with van der Waals surface area (Å²) in [5.41, 5.74) is 7.30. The summed E-state index contributed by atoms with van der Waals surface area (Å²) in [6.45, 7) is 5.25. The molecule has 0 saturated carbocycles. The topological polar surface area (TPSA) is 123 Å². The van der Waals surface area contributed by atoms with Gasteiger partial charge in [0, 0.05) is 31.4 Å². The van der Waals surface area contributed by atoms with Crippen LogP contribution in [0.25, 0.3) is 0 Å². The SMILES string of the molecule is Cc1cc(NC(=O)c2c(C)c(C(=O)C(=O)NCCCCCCC(N)=O)n(C)c2C)ccc1F. The van der Waals surface area contributed by atoms with E-state index in [1.807, 2.05) is 0 Å². The molecule has 0 atom stereocenters. The van der Waals surface area contributed by atoms with Crippen LogP contribution in [0.1, 0.15) is 69.8 Å². The second kappa shape index (κ2) is 11.4. The molecule has 8 nitrogen and oxygen atoms in total. The largest absolute Gasteiger partial charge is 0.370 e. The van der Waals surface area contributed by atoms with Gasteiger partial charge in [0.05, 0.1) is 11.3 Å². The summed E-state index contributed by atoms with van der Waals surface area (Å²) in [6.07, 6.45) is 3.33. The van der Waals surface area contributed by atoms with Gasteiger partial charge in [-0.1, -0.05) is 12.8 Å². The number of ketones is 1. The lowest BCUT2D eigenvalue weighted by molar-refractivity contribution is -0.118. The highest BCUT2D eigenvalue weighted by molar-refractivity contribution is 6.43. The van der Waals surface area contributed by atoms with Gasteiger partial charge in [-0.3, -0.25) is 19.2 Å². The number of carbonyl (C=O) groups is 4. The van der Waals surface area contributed by atoms with Crippen LogP contribution in [-0.2, 0) is 16.6 Å². The molecule has 178 valence electrons. The van der Waals surface area contributed by atoms with Crippen LogP contribution in [-0.4, -0.2) is 34.6 Å². The molecule has 2 rings (SSSR count). The molecule has 0 unspecified atom stereocenters. The Bertz CT molecular complexity index is 1070. The number of nitrogens with one attached hydrogen (secondary N) is 2. The fourth-order valence-corrected chi connectivity index (χ4v) is 3.72. The van der Waals surface area contributed by atoms with E-state index in [4.69, 9.17) is 5.73 Å². The Kier molecular flexibility index (Phi) is 8.90. The fraction of sp³-hybridized carbons (Fsp3) is 0.417. The van der Waals surface area contributed by atoms with Crippen LogP contribution in [0.5, 0.6) is 0 Å². The summed E-state index contributed by atoms with van der Waals surface area (Å²) < 4.78 is 15.0. The molecule has 0 aliphatic heterocycles. The highest BCUT2D eigenvalue weighted by atomic mass is 19.1. The molecule has 0 saturated heterocycles. The number of aromatic nitrogens is 1. The third kappa shape index (κ3) is 6.50. The zero-order valence-electron chi connectivity index (χ0n) is 19.5. The van der Waals surface area contributed by atoms with E-state index in [9.17, 15) is 23.6 Å². The van der Waals surface area contributed by atoms with Crippen LogP contribution in [0, 0.1) is 26.6 Å². The number of Topliss-reactive ketones (excluding diaryl/α,β-unsaturated/α-hetero) is 1. The van der Waals surface area contributed by atoms with Gasteiger partial charge < -0.3 is 20.9 Å². The highest BCUT2D eigenvalue weighted by Crippen LogP contribution is 2.23. The number of halogens is 1. The number of nitrogens with two attached hydrogens (primary N) is 1. The van der Waals surface area contributed by atoms with Crippen molar-refractivity contribution in [3.05, 3.63) is 52.1 Å². The second-order valence-electron chi connectivity index (χ2n) is 8.13. The first kappa shape index (κ1) is 25.8. The predicted molar refractivity (Wildman–Crippen MR) is 124 cm³/mol. The summed E-state index contributed by atoms with van der Waals surface area (Å²) in [5, 5.41) is 5.34. The Hall–Kier alpha value is -3.49. The van der Waals surface area contributed by atoms with Crippen LogP contribution >= 0.6 is 0 Å². The Morgan fingerprint density at radius 1 is 1.03 bits per heavy atom. The first-order chi connectivity index (χ1) is 15.5. The van der Waals surface area contributed by atoms with Crippen LogP contribution in [0.3, 0.4) is 0 Å². The Morgan fingerprint density at radius 3 is 2.33 bits per heavy atom. The van der Waals surface area contributed by atoms with E-state index in [0.717, 1.165) is 12.8 Å². The van der Waals surface area contributed by atoms with E-state index in [-0.39, 0.29) is 17.4 Å². The smallest absolute Gasteiger partial charge is 0.294 e. The predicted octanol–water partition coefficient (Wildman–Crippen LogP) is 3.08. The molecule has 0 bridgehead atoms. The minimum atomic E-state index is -0.739. The molecular formula is C24H31FN4O4. The molecule has 9 heteroatoms. The molecule has 0 aliphatic rings. The van der Waals surface area contributed by atoms with Gasteiger partial charge in [-0.15, -0.1) is 0 Å². The average molecular weight is 459 g/mol. The van der Waals surface area contributed by atoms with E-state index >= 15 is 0 Å². The molecular weight excluding hydrogens is 427 g/mol. The third-order valence-corrected chi connectivity index (χ3v) is 5.63. The van der Waals surface area contributed by atoms with Gasteiger partial charge >= 0.3 is 0 Å². The van der Waals surface area contributed by atoms with Gasteiger partial charge in [0.25, 0.3) is 17.6 Å². The molecule has 0 fully saturated rings. The van der Waals surface area contributed by atoms with Crippen LogP contribution < -0.4 is 16.4 Å². The Balaban J connectivity index is 2.04. The van der Waals surface area contributed by atoms with Crippen molar-refractivity contribution < 1.29 is 23.6 Å². The summed E-state index contributed by atoms with van der Waals surface area (Å²) in [5.74, 6) is -2.60. The first-order valence-electron chi connectivity index (χ1n) is 10.9. The maximum atomic E-state index is 13.5. The molecule has 0 aliphatic carbocycles. The number of unbranched alkanes of at least 4 members (excludes halogenated alkanes) is 3. The number of benzene rings is 1. The van der Waals surface area contributed by atoms with Crippen molar-refractivity contribution in [1.82, 2.24) is 9.88 Å². The zero-order valence-corrected chi connectivity index (χ0v) is 19.5. The van der Waals surface area contributed by atoms with Gasteiger partial charge in [-0.05, 0) is 62.9 Å². The van der Waals surface area contributed by atoms with Crippen LogP contribution in [0.4, 0.5) is 10.1 Å². The molecule has 2 aromatic rings. The number of aryl methyl sites for hydroxylation is 1. The van der Waals surface area contributed by atoms with E-state index in [2.05, 4.69) is 10.6 Å². The lowest BCUT2D eigenvalue weighted by Crippen LogP contribution is -2.33. The van der Waals surface area contributed by atoms with Gasteiger partial charge in [-0.2, -0.15) is 0 Å². The maximum Gasteiger partial charge on any atom is 0.294 e. The molecule has 1 aromatic heterocycles. The average Bonchev–Trinajstić information content (AvgIpc) is 2.97. The quantitative estimate of drug-likeness (QED) is 0.272. The minimum Gasteiger partial charge on any atom is -0.370 e. The summed E-state index contributed by atoms with van der Waals surface area (Å²) in [7, 11) is 1.63. The number of carbonyl (C=O) groups excluding carboxylic acids is 4. The summed E-state index contributed by atoms with van der Waals surface area (Å²) in [4.78, 5) is 48.8. The molecule has 4 N–H and O–H groups in total. The van der Waals surface area contributed by atoms with E-state index in [1.54, 1.807) is 27.8 Å². The van der Waals surface area contributed by atoms with Crippen molar-refractivity contribution in [2.75, 3.05) is 11.9 Å². The van der Waals surface area contributed by atoms with Gasteiger partial charge in [-0.25, -0.2) is 4.39 Å². The third-order valence-electron chi connectivity index (χ3n) is 5.63. The van der Waals surface area contributed by atoms with Crippen molar-refractivity contribution in [2.24, 2.45) is 12.8 Å². The maximum absolute atomic E-state index is 13.5. The number of hydrogen-bond donors (Lipinski definition) is 3. The first-order valence-corrected chi connectivity index (χ1v) is 10.9. The number of amides is 3. The van der Waals surface area contributed by atoms with Crippen molar-refractivity contribution in [1.29, 1.82) is 0 Å². The van der Waals surface area contributed by atoms with E-state index in [1.165, 1.54) is 22.8 Å². The lowest BCUT2D eigenvalue weighted by Gasteiger charge is -2.08. The van der Waals surface area contributed by atoms with Crippen molar-refractivity contribution in [3.63, 3.8) is 0 Å². The lowest BCUT2D eigenvalue weighted by atomic mass is 10.1. The molecule has 1 heterocycles. The second-order valence-corrected chi connectivity index (χ2v) is 8.13. The highest BCUT2D eigenvalue weighted by Gasteiger charge is 2.28. The number of rotatable bonds is 11. The molecule has 1 aromatic carbocycles. The van der Waals surface area contributed by atoms with Crippen LogP contribution in [0.2, 0.25) is 0 Å². The van der Waals surface area contributed by atoms with Crippen molar-refractivity contribution in [2.45, 2.75) is 52.9 Å². The number of primary amides is 1. The Morgan fingerprint density at radius 2 is 1.70 bits per heavy atom. The zero-order chi connectivity index (χ0) is 24.7. The van der Waals surface area contributed by atoms with Gasteiger partial charge in [0.1, 0.15) is 5.82 Å². The minimum absolute atomic E-state index is 0.145. The van der Waals surface area contributed by atoms with Crippen molar-refractivity contribution >= 4 is 29.2 Å². The monoisotopic (exact) mass is 458 g/mol. The van der Waals surface area contributed by atoms with Gasteiger partial charge in [0.2, 0.25) is 5.91 Å². The van der Waals surface area contributed by atoms with Crippen molar-refractivity contribution in [3.8, 4) is 0 Å². The van der Waals surface area contributed by atoms with Gasteiger partial charge in [0.15, 0.2) is 0 Å². The summed E-state index contributed by atoms with van der Waals surface area (Å²) in [6, 6.07) is 4.25. The number of hydrogen-bond acceptors (Lipinski definition) is 4. The molecule has 33 heavy (non-hydrogen) atoms. The van der Waals surface area contributed by atoms with E-state index in [0.29, 0.717) is 53.9 Å². The molecule has 3 amide bonds. The normalized spacial score (nSPS) is 10.7. The molecule has 0 spiro atoms. The molecule has 0 radical (unpaired) electrons. The van der Waals surface area contributed by atoms with Crippen LogP contribution in [0.15, 0.2) is 18.2 Å². The summed E-state index contributed by atoms with van der Waals surface area (Å²) >= 11 is 0. The Labute approximate surface area is 192 Å². The number of nitrogens with zero attached hydrogens (tertiary/aromatic N) is 1.